The highest BCUT2D eigenvalue weighted by molar-refractivity contribution is 5.73. The Morgan fingerprint density at radius 2 is 0.628 bits per heavy atom. The van der Waals surface area contributed by atoms with Crippen LogP contribution in [0.5, 0.6) is 0 Å². The lowest BCUT2D eigenvalue weighted by molar-refractivity contribution is -0.413. The Morgan fingerprint density at radius 1 is 0.298 bits per heavy atom. The molecule has 8 aliphatic heterocycles. The standard InChI is InChI=1S/C52H88N2O40/c1-11-23(63)29(69)35(75)48(81-11)94-44-32(72)26(66)16(6-57)85-52(44)92-42-20(10-80-47-34(74)30(70)24(64)14(4-55)83-47)88-51(38(78)43(42)93-50-37(77)33(73)41(19(9-60)87-50)91-49-36(76)31(71)25(65)15(5-56)84-49)90-40-18(8-59)86-46(22(28(40)68)54-13(3)62)89-39-17(7-58)82-45(79)21(27(39)67)53-12(2)61/h11,14-52,55-60,63-79H,4-10H2,1-3H3,(H,53,61)(H,54,62)/t11-,14+,15+,16+,17+,18+,19+,20+,21+,22+,23+,24+,25-,26-,27+,28+,29+,30-,31-,32-,33+,34-,35-,36+,37-,38-,39+,40+,41+,42+,43+,44+,45+,46-,47-,48-,49+,50+,51-,52-/m0/s1. The van der Waals surface area contributed by atoms with Crippen molar-refractivity contribution in [1.29, 1.82) is 0 Å². The monoisotopic (exact) mass is 1380 g/mol. The van der Waals surface area contributed by atoms with E-state index in [1.54, 1.807) is 0 Å². The van der Waals surface area contributed by atoms with Gasteiger partial charge in [-0.25, -0.2) is 0 Å². The zero-order chi connectivity index (χ0) is 69.2. The van der Waals surface area contributed by atoms with E-state index in [2.05, 4.69) is 10.6 Å². The average molecular weight is 1380 g/mol. The van der Waals surface area contributed by atoms with Gasteiger partial charge in [-0.15, -0.1) is 0 Å². The Hall–Kier alpha value is -2.58. The molecule has 8 rings (SSSR count). The van der Waals surface area contributed by atoms with Gasteiger partial charge in [-0.05, 0) is 6.92 Å². The Balaban J connectivity index is 1.19. The van der Waals surface area contributed by atoms with E-state index in [-0.39, 0.29) is 0 Å². The van der Waals surface area contributed by atoms with Crippen LogP contribution < -0.4 is 10.6 Å². The molecule has 0 bridgehead atoms. The van der Waals surface area contributed by atoms with Crippen LogP contribution in [0.2, 0.25) is 0 Å². The van der Waals surface area contributed by atoms with Crippen LogP contribution in [0, 0.1) is 0 Å². The molecule has 94 heavy (non-hydrogen) atoms. The summed E-state index contributed by atoms with van der Waals surface area (Å²) in [6.07, 6.45) is -78.1. The van der Waals surface area contributed by atoms with E-state index in [9.17, 15) is 127 Å². The molecule has 0 aromatic rings. The minimum absolute atomic E-state index is 0.768. The SMILES string of the molecule is CC(=O)N[C@@H]1[C@@H](O)[C@H](O[C@@H]2O[C@H](CO)[C@@H](O[C@@H]3O[C@H](CO[C@H]4O[C@H](CO)[C@@H](O)[C@H](O)[C@@H]4O)[C@@H](O[C@@H]4O[C@H](CO)[C@H](O)[C@H](O)[C@H]4O[C@@H]4O[C@@H](C)[C@@H](O)[C@@H](O)[C@@H]4O)[C@H](O[C@H]4O[C@H](CO)[C@@H](O[C@H]5O[C@H](CO)[C@H](O)[C@H](O)[C@H]5O)[C@H](O)[C@@H]4O)[C@@H]3O)[C@H](O)[C@H]2NC(C)=O)[C@@H](CO)O[C@H]1O. The lowest BCUT2D eigenvalue weighted by atomic mass is 9.93. The Labute approximate surface area is 532 Å². The summed E-state index contributed by atoms with van der Waals surface area (Å²) in [7, 11) is 0. The number of hydrogen-bond acceptors (Lipinski definition) is 40. The number of carbonyl (C=O) groups is 2. The van der Waals surface area contributed by atoms with Crippen LogP contribution in [-0.4, -0.2) is 421 Å². The Morgan fingerprint density at radius 3 is 1.15 bits per heavy atom. The minimum atomic E-state index is -2.58. The first-order chi connectivity index (χ1) is 44.4. The van der Waals surface area contributed by atoms with Crippen molar-refractivity contribution in [1.82, 2.24) is 10.6 Å². The van der Waals surface area contributed by atoms with Crippen molar-refractivity contribution in [2.45, 2.75) is 266 Å². The summed E-state index contributed by atoms with van der Waals surface area (Å²) < 4.78 is 88.4. The van der Waals surface area contributed by atoms with Gasteiger partial charge in [0.15, 0.2) is 50.3 Å². The minimum Gasteiger partial charge on any atom is -0.394 e. The summed E-state index contributed by atoms with van der Waals surface area (Å²) in [4.78, 5) is 25.0. The predicted molar refractivity (Wildman–Crippen MR) is 286 cm³/mol. The number of carbonyl (C=O) groups excluding carboxylic acids is 2. The van der Waals surface area contributed by atoms with Crippen LogP contribution in [0.25, 0.3) is 0 Å². The first kappa shape index (κ1) is 77.2. The van der Waals surface area contributed by atoms with Gasteiger partial charge in [0.05, 0.1) is 52.4 Å². The zero-order valence-corrected chi connectivity index (χ0v) is 50.3. The van der Waals surface area contributed by atoms with E-state index < -0.39 is 304 Å². The van der Waals surface area contributed by atoms with Gasteiger partial charge < -0.3 is 199 Å². The average Bonchev–Trinajstić information content (AvgIpc) is 0.765. The fourth-order valence-corrected chi connectivity index (χ4v) is 12.1. The fourth-order valence-electron chi connectivity index (χ4n) is 12.1. The molecule has 8 saturated heterocycles. The van der Waals surface area contributed by atoms with Crippen molar-refractivity contribution in [2.24, 2.45) is 0 Å². The molecule has 0 radical (unpaired) electrons. The van der Waals surface area contributed by atoms with Crippen molar-refractivity contribution < 1.29 is 198 Å². The van der Waals surface area contributed by atoms with Gasteiger partial charge >= 0.3 is 0 Å². The molecular weight excluding hydrogens is 1290 g/mol. The fraction of sp³-hybridized carbons (Fsp3) is 0.962. The van der Waals surface area contributed by atoms with Crippen molar-refractivity contribution >= 4 is 11.8 Å². The summed E-state index contributed by atoms with van der Waals surface area (Å²) in [5, 5.41) is 257. The molecule has 8 aliphatic rings. The molecule has 25 N–H and O–H groups in total. The van der Waals surface area contributed by atoms with E-state index in [0.29, 0.717) is 0 Å². The zero-order valence-electron chi connectivity index (χ0n) is 50.3. The molecule has 546 valence electrons. The van der Waals surface area contributed by atoms with Crippen molar-refractivity contribution in [3.63, 3.8) is 0 Å². The van der Waals surface area contributed by atoms with Crippen LogP contribution in [0.1, 0.15) is 20.8 Å². The molecule has 8 heterocycles. The summed E-state index contributed by atoms with van der Waals surface area (Å²) in [5.74, 6) is -1.69. The molecule has 0 spiro atoms. The highest BCUT2D eigenvalue weighted by Gasteiger charge is 2.60. The maximum absolute atomic E-state index is 12.9. The number of hydrogen-bond donors (Lipinski definition) is 25. The quantitative estimate of drug-likeness (QED) is 0.0452. The van der Waals surface area contributed by atoms with Crippen molar-refractivity contribution in [3.8, 4) is 0 Å². The first-order valence-corrected chi connectivity index (χ1v) is 30.0. The molecular formula is C52H88N2O40. The largest absolute Gasteiger partial charge is 0.394 e. The summed E-state index contributed by atoms with van der Waals surface area (Å²) in [6.45, 7) is -4.31. The molecule has 0 unspecified atom stereocenters. The van der Waals surface area contributed by atoms with E-state index in [1.165, 1.54) is 6.92 Å². The van der Waals surface area contributed by atoms with Crippen LogP contribution in [0.3, 0.4) is 0 Å². The smallest absolute Gasteiger partial charge is 0.217 e. The number of ether oxygens (including phenoxy) is 15. The molecule has 42 heteroatoms. The van der Waals surface area contributed by atoms with Crippen LogP contribution in [-0.2, 0) is 80.6 Å². The van der Waals surface area contributed by atoms with E-state index >= 15 is 0 Å². The molecule has 40 atom stereocenters. The molecule has 0 aliphatic carbocycles. The summed E-state index contributed by atoms with van der Waals surface area (Å²) in [5.41, 5.74) is 0. The second kappa shape index (κ2) is 33.3. The molecule has 2 amide bonds. The normalized spacial score (nSPS) is 51.2. The third-order valence-corrected chi connectivity index (χ3v) is 17.4. The highest BCUT2D eigenvalue weighted by Crippen LogP contribution is 2.40. The number of aliphatic hydroxyl groups is 23. The molecule has 0 aromatic carbocycles. The highest BCUT2D eigenvalue weighted by atomic mass is 16.8. The van der Waals surface area contributed by atoms with Crippen molar-refractivity contribution in [3.05, 3.63) is 0 Å². The Kier molecular flexibility index (Phi) is 27.3. The van der Waals surface area contributed by atoms with Crippen LogP contribution in [0.15, 0.2) is 0 Å². The van der Waals surface area contributed by atoms with Gasteiger partial charge in [0.1, 0.15) is 189 Å². The van der Waals surface area contributed by atoms with Gasteiger partial charge in [0.25, 0.3) is 0 Å². The van der Waals surface area contributed by atoms with E-state index in [1.807, 2.05) is 0 Å². The number of amides is 2. The van der Waals surface area contributed by atoms with Crippen LogP contribution >= 0.6 is 0 Å². The van der Waals surface area contributed by atoms with Gasteiger partial charge in [0.2, 0.25) is 11.8 Å². The molecule has 8 fully saturated rings. The number of aliphatic hydroxyl groups excluding tert-OH is 23. The topological polar surface area (TPSA) is 662 Å². The van der Waals surface area contributed by atoms with Gasteiger partial charge in [0, 0.05) is 13.8 Å². The van der Waals surface area contributed by atoms with E-state index in [4.69, 9.17) is 71.1 Å². The summed E-state index contributed by atoms with van der Waals surface area (Å²) >= 11 is 0. The number of rotatable bonds is 23. The second-order valence-corrected chi connectivity index (χ2v) is 23.9. The van der Waals surface area contributed by atoms with Gasteiger partial charge in [-0.3, -0.25) is 9.59 Å². The van der Waals surface area contributed by atoms with Crippen molar-refractivity contribution in [2.75, 3.05) is 46.2 Å². The maximum Gasteiger partial charge on any atom is 0.217 e. The first-order valence-electron chi connectivity index (χ1n) is 30.0. The molecule has 42 nitrogen and oxygen atoms in total. The van der Waals surface area contributed by atoms with Gasteiger partial charge in [-0.1, -0.05) is 0 Å². The second-order valence-electron chi connectivity index (χ2n) is 23.9. The lowest BCUT2D eigenvalue weighted by Crippen LogP contribution is -2.71. The molecule has 0 saturated carbocycles. The van der Waals surface area contributed by atoms with Crippen LogP contribution in [0.4, 0.5) is 0 Å². The maximum atomic E-state index is 12.9. The lowest BCUT2D eigenvalue weighted by Gasteiger charge is -2.52. The summed E-state index contributed by atoms with van der Waals surface area (Å²) in [6, 6.07) is -3.52. The van der Waals surface area contributed by atoms with E-state index in [0.717, 1.165) is 13.8 Å². The molecule has 0 aromatic heterocycles. The predicted octanol–water partition coefficient (Wildman–Crippen LogP) is -17.1. The number of nitrogens with one attached hydrogen (secondary N) is 2. The third-order valence-electron chi connectivity index (χ3n) is 17.4. The van der Waals surface area contributed by atoms with Gasteiger partial charge in [-0.2, -0.15) is 0 Å². The Bertz CT molecular complexity index is 2360. The third kappa shape index (κ3) is 16.4.